The fraction of sp³-hybridized carbons (Fsp3) is 0.444. The van der Waals surface area contributed by atoms with Crippen LogP contribution in [0.15, 0.2) is 12.7 Å². The van der Waals surface area contributed by atoms with Crippen LogP contribution in [0.5, 0.6) is 0 Å². The van der Waals surface area contributed by atoms with Gasteiger partial charge in [-0.05, 0) is 0 Å². The topological polar surface area (TPSA) is 98.2 Å². The Morgan fingerprint density at radius 3 is 1.94 bits per heavy atom. The van der Waals surface area contributed by atoms with Gasteiger partial charge in [0, 0.05) is 13.6 Å². The van der Waals surface area contributed by atoms with E-state index in [1.807, 2.05) is 0 Å². The number of hydrogen-bond donors (Lipinski definition) is 2. The Bertz CT molecular complexity index is 286. The third-order valence-electron chi connectivity index (χ3n) is 1.65. The van der Waals surface area contributed by atoms with Gasteiger partial charge in [0.2, 0.25) is 0 Å². The molecular formula is C9H14N2O5. The molecule has 0 radical (unpaired) electrons. The van der Waals surface area contributed by atoms with Crippen LogP contribution in [0.25, 0.3) is 0 Å². The van der Waals surface area contributed by atoms with Gasteiger partial charge in [-0.15, -0.1) is 6.58 Å². The van der Waals surface area contributed by atoms with Crippen LogP contribution in [0.2, 0.25) is 0 Å². The molecule has 0 fully saturated rings. The second-order valence-corrected chi connectivity index (χ2v) is 3.10. The maximum Gasteiger partial charge on any atom is 0.323 e. The van der Waals surface area contributed by atoms with Gasteiger partial charge in [-0.25, -0.2) is 4.79 Å². The average molecular weight is 230 g/mol. The lowest BCUT2D eigenvalue weighted by Crippen LogP contribution is -2.46. The van der Waals surface area contributed by atoms with E-state index < -0.39 is 31.1 Å². The molecule has 16 heavy (non-hydrogen) atoms. The number of carboxylic acids is 2. The first-order valence-corrected chi connectivity index (χ1v) is 4.43. The Morgan fingerprint density at radius 1 is 1.19 bits per heavy atom. The van der Waals surface area contributed by atoms with Gasteiger partial charge in [-0.2, -0.15) is 0 Å². The van der Waals surface area contributed by atoms with E-state index in [-0.39, 0.29) is 6.54 Å². The SMILES string of the molecule is C=CCN(C)C(=O)N(CC(=O)O)CC(=O)O. The van der Waals surface area contributed by atoms with Crippen molar-refractivity contribution in [2.24, 2.45) is 0 Å². The highest BCUT2D eigenvalue weighted by atomic mass is 16.4. The Kier molecular flexibility index (Phi) is 5.61. The van der Waals surface area contributed by atoms with Crippen molar-refractivity contribution in [3.8, 4) is 0 Å². The van der Waals surface area contributed by atoms with E-state index in [1.165, 1.54) is 18.0 Å². The Morgan fingerprint density at radius 2 is 1.62 bits per heavy atom. The third-order valence-corrected chi connectivity index (χ3v) is 1.65. The van der Waals surface area contributed by atoms with Crippen molar-refractivity contribution in [1.29, 1.82) is 0 Å². The summed E-state index contributed by atoms with van der Waals surface area (Å²) >= 11 is 0. The van der Waals surface area contributed by atoms with Gasteiger partial charge in [0.25, 0.3) is 0 Å². The first kappa shape index (κ1) is 13.9. The second-order valence-electron chi connectivity index (χ2n) is 3.10. The minimum atomic E-state index is -1.26. The van der Waals surface area contributed by atoms with E-state index in [0.717, 1.165) is 4.90 Å². The van der Waals surface area contributed by atoms with E-state index >= 15 is 0 Å². The molecule has 0 aromatic carbocycles. The molecule has 0 spiro atoms. The molecule has 0 unspecified atom stereocenters. The zero-order chi connectivity index (χ0) is 12.7. The molecule has 0 rings (SSSR count). The predicted octanol–water partition coefficient (Wildman–Crippen LogP) is -0.305. The lowest BCUT2D eigenvalue weighted by molar-refractivity contribution is -0.140. The number of carbonyl (C=O) groups is 3. The predicted molar refractivity (Wildman–Crippen MR) is 55.1 cm³/mol. The number of carbonyl (C=O) groups excluding carboxylic acids is 1. The highest BCUT2D eigenvalue weighted by Gasteiger charge is 2.21. The third kappa shape index (κ3) is 4.99. The summed E-state index contributed by atoms with van der Waals surface area (Å²) in [4.78, 5) is 34.4. The van der Waals surface area contributed by atoms with Crippen LogP contribution >= 0.6 is 0 Å². The first-order valence-electron chi connectivity index (χ1n) is 4.43. The van der Waals surface area contributed by atoms with Gasteiger partial charge < -0.3 is 20.0 Å². The van der Waals surface area contributed by atoms with Crippen LogP contribution in [0.3, 0.4) is 0 Å². The smallest absolute Gasteiger partial charge is 0.323 e. The number of hydrogen-bond acceptors (Lipinski definition) is 3. The lowest BCUT2D eigenvalue weighted by atomic mass is 10.4. The van der Waals surface area contributed by atoms with Crippen molar-refractivity contribution in [1.82, 2.24) is 9.80 Å². The van der Waals surface area contributed by atoms with Crippen LogP contribution < -0.4 is 0 Å². The molecule has 0 atom stereocenters. The fourth-order valence-electron chi connectivity index (χ4n) is 1.03. The maximum absolute atomic E-state index is 11.6. The molecule has 0 aliphatic heterocycles. The molecule has 0 bridgehead atoms. The molecule has 2 amide bonds. The van der Waals surface area contributed by atoms with E-state index in [9.17, 15) is 14.4 Å². The summed E-state index contributed by atoms with van der Waals surface area (Å²) in [6, 6.07) is -0.662. The number of aliphatic carboxylic acids is 2. The maximum atomic E-state index is 11.6. The molecule has 7 heteroatoms. The number of rotatable bonds is 6. The molecule has 0 saturated carbocycles. The zero-order valence-corrected chi connectivity index (χ0v) is 8.92. The summed E-state index contributed by atoms with van der Waals surface area (Å²) < 4.78 is 0. The Hall–Kier alpha value is -2.05. The average Bonchev–Trinajstić information content (AvgIpc) is 2.14. The highest BCUT2D eigenvalue weighted by molar-refractivity contribution is 5.84. The van der Waals surface area contributed by atoms with Gasteiger partial charge in [0.05, 0.1) is 0 Å². The summed E-state index contributed by atoms with van der Waals surface area (Å²) in [7, 11) is 1.43. The van der Waals surface area contributed by atoms with Crippen LogP contribution in [-0.4, -0.2) is 64.7 Å². The fourth-order valence-corrected chi connectivity index (χ4v) is 1.03. The number of carboxylic acid groups (broad SMARTS) is 2. The first-order chi connectivity index (χ1) is 7.38. The number of urea groups is 1. The van der Waals surface area contributed by atoms with Crippen LogP contribution in [0, 0.1) is 0 Å². The summed E-state index contributed by atoms with van der Waals surface area (Å²) in [5, 5.41) is 17.1. The molecule has 90 valence electrons. The standard InChI is InChI=1S/C9H14N2O5/c1-3-4-10(2)9(16)11(5-7(12)13)6-8(14)15/h3H,1,4-6H2,2H3,(H,12,13)(H,14,15). The summed E-state index contributed by atoms with van der Waals surface area (Å²) in [6.45, 7) is 2.34. The van der Waals surface area contributed by atoms with E-state index in [1.54, 1.807) is 0 Å². The monoisotopic (exact) mass is 230 g/mol. The van der Waals surface area contributed by atoms with Gasteiger partial charge in [0.15, 0.2) is 0 Å². The quantitative estimate of drug-likeness (QED) is 0.610. The van der Waals surface area contributed by atoms with Gasteiger partial charge >= 0.3 is 18.0 Å². The number of amides is 2. The van der Waals surface area contributed by atoms with E-state index in [0.29, 0.717) is 0 Å². The van der Waals surface area contributed by atoms with Crippen LogP contribution in [0.1, 0.15) is 0 Å². The molecule has 0 aromatic heterocycles. The van der Waals surface area contributed by atoms with Gasteiger partial charge in [-0.1, -0.05) is 6.08 Å². The van der Waals surface area contributed by atoms with E-state index in [2.05, 4.69) is 6.58 Å². The molecule has 0 saturated heterocycles. The van der Waals surface area contributed by atoms with Crippen molar-refractivity contribution >= 4 is 18.0 Å². The number of likely N-dealkylation sites (N-methyl/N-ethyl adjacent to an activating group) is 1. The number of nitrogens with zero attached hydrogens (tertiary/aromatic N) is 2. The zero-order valence-electron chi connectivity index (χ0n) is 8.92. The minimum Gasteiger partial charge on any atom is -0.480 e. The molecule has 0 heterocycles. The van der Waals surface area contributed by atoms with Gasteiger partial charge in [-0.3, -0.25) is 9.59 Å². The molecule has 2 N–H and O–H groups in total. The molecule has 7 nitrogen and oxygen atoms in total. The molecular weight excluding hydrogens is 216 g/mol. The van der Waals surface area contributed by atoms with Crippen molar-refractivity contribution < 1.29 is 24.6 Å². The lowest BCUT2D eigenvalue weighted by Gasteiger charge is -2.24. The van der Waals surface area contributed by atoms with Crippen LogP contribution in [-0.2, 0) is 9.59 Å². The summed E-state index contributed by atoms with van der Waals surface area (Å²) in [5.41, 5.74) is 0. The normalized spacial score (nSPS) is 9.31. The molecule has 0 aromatic rings. The van der Waals surface area contributed by atoms with Crippen LogP contribution in [0.4, 0.5) is 4.79 Å². The van der Waals surface area contributed by atoms with Crippen molar-refractivity contribution in [2.75, 3.05) is 26.7 Å². The van der Waals surface area contributed by atoms with Crippen molar-refractivity contribution in [2.45, 2.75) is 0 Å². The Labute approximate surface area is 92.6 Å². The molecule has 0 aliphatic carbocycles. The molecule has 0 aliphatic rings. The van der Waals surface area contributed by atoms with Crippen molar-refractivity contribution in [3.63, 3.8) is 0 Å². The largest absolute Gasteiger partial charge is 0.480 e. The second kappa shape index (κ2) is 6.44. The summed E-state index contributed by atoms with van der Waals surface area (Å²) in [6.07, 6.45) is 1.46. The minimum absolute atomic E-state index is 0.217. The Balaban J connectivity index is 4.59. The van der Waals surface area contributed by atoms with Crippen molar-refractivity contribution in [3.05, 3.63) is 12.7 Å². The summed E-state index contributed by atoms with van der Waals surface area (Å²) in [5.74, 6) is -2.52. The van der Waals surface area contributed by atoms with E-state index in [4.69, 9.17) is 10.2 Å². The highest BCUT2D eigenvalue weighted by Crippen LogP contribution is 1.97. The van der Waals surface area contributed by atoms with Gasteiger partial charge in [0.1, 0.15) is 13.1 Å².